The molecule has 4 aromatic rings. The average Bonchev–Trinajstić information content (AvgIpc) is 2.60. The van der Waals surface area contributed by atoms with Gasteiger partial charge in [-0.15, -0.1) is 0 Å². The summed E-state index contributed by atoms with van der Waals surface area (Å²) in [5.74, 6) is -0.0595. The van der Waals surface area contributed by atoms with E-state index in [9.17, 15) is 4.79 Å². The first-order valence-corrected chi connectivity index (χ1v) is 7.72. The van der Waals surface area contributed by atoms with E-state index in [0.717, 1.165) is 5.56 Å². The molecule has 0 saturated heterocycles. The molecule has 0 radical (unpaired) electrons. The van der Waals surface area contributed by atoms with Crippen LogP contribution in [0, 0.1) is 0 Å². The molecule has 0 bridgehead atoms. The Morgan fingerprint density at radius 2 is 1.57 bits per heavy atom. The number of carbonyl (C=O) groups is 1. The van der Waals surface area contributed by atoms with E-state index in [-0.39, 0.29) is 5.91 Å². The minimum absolute atomic E-state index is 0.0595. The Bertz CT molecular complexity index is 1030. The van der Waals surface area contributed by atoms with Gasteiger partial charge >= 0.3 is 0 Å². The zero-order valence-corrected chi connectivity index (χ0v) is 13.0. The fraction of sp³-hybridized carbons (Fsp3) is 0.0952. The molecule has 0 aromatic heterocycles. The number of hydrogen-bond donors (Lipinski definition) is 0. The molecule has 0 fully saturated rings. The molecule has 2 nitrogen and oxygen atoms in total. The van der Waals surface area contributed by atoms with Crippen LogP contribution in [-0.4, -0.2) is 17.9 Å². The minimum atomic E-state index is -0.0595. The zero-order chi connectivity index (χ0) is 16.0. The van der Waals surface area contributed by atoms with Crippen molar-refractivity contribution >= 4 is 38.2 Å². The zero-order valence-electron chi connectivity index (χ0n) is 13.0. The fourth-order valence-corrected chi connectivity index (χ4v) is 3.42. The lowest BCUT2D eigenvalue weighted by molar-refractivity contribution is -0.125. The highest BCUT2D eigenvalue weighted by atomic mass is 16.2. The molecular weight excluding hydrogens is 282 g/mol. The third-order valence-electron chi connectivity index (χ3n) is 4.58. The molecule has 0 heterocycles. The van der Waals surface area contributed by atoms with Crippen LogP contribution >= 0.6 is 0 Å². The van der Waals surface area contributed by atoms with Crippen molar-refractivity contribution in [3.05, 3.63) is 72.8 Å². The van der Waals surface area contributed by atoms with Crippen molar-refractivity contribution in [1.29, 1.82) is 0 Å². The Kier molecular flexibility index (Phi) is 3.05. The molecule has 4 aromatic carbocycles. The molecule has 0 N–H and O–H groups in total. The molecular formula is C21H17NO. The summed E-state index contributed by atoms with van der Waals surface area (Å²) in [6.07, 6.45) is 1.36. The van der Waals surface area contributed by atoms with Gasteiger partial charge in [0.1, 0.15) is 0 Å². The quantitative estimate of drug-likeness (QED) is 0.395. The molecule has 1 amide bonds. The van der Waals surface area contributed by atoms with E-state index in [1.54, 1.807) is 4.90 Å². The van der Waals surface area contributed by atoms with Gasteiger partial charge < -0.3 is 4.90 Å². The van der Waals surface area contributed by atoms with Crippen LogP contribution in [0.1, 0.15) is 5.56 Å². The van der Waals surface area contributed by atoms with Crippen molar-refractivity contribution < 1.29 is 4.79 Å². The summed E-state index contributed by atoms with van der Waals surface area (Å²) in [5.41, 5.74) is 1.16. The van der Waals surface area contributed by atoms with Gasteiger partial charge in [-0.05, 0) is 44.0 Å². The lowest BCUT2D eigenvalue weighted by Crippen LogP contribution is -2.24. The summed E-state index contributed by atoms with van der Waals surface area (Å²) >= 11 is 0. The van der Waals surface area contributed by atoms with Gasteiger partial charge in [-0.25, -0.2) is 0 Å². The number of rotatable bonds is 3. The molecule has 0 aliphatic heterocycles. The van der Waals surface area contributed by atoms with Crippen LogP contribution in [0.3, 0.4) is 0 Å². The molecule has 112 valence electrons. The summed E-state index contributed by atoms with van der Waals surface area (Å²) in [6, 6.07) is 19.4. The maximum absolute atomic E-state index is 11.8. The Labute approximate surface area is 135 Å². The van der Waals surface area contributed by atoms with Gasteiger partial charge in [0.05, 0.1) is 0 Å². The van der Waals surface area contributed by atoms with Gasteiger partial charge in [0, 0.05) is 13.6 Å². The standard InChI is InChI=1S/C21H17NO/c1-3-19(23)22(2)13-17-10-9-16-8-7-14-5-4-6-15-11-12-18(17)21(16)20(14)15/h3-12H,1,13H2,2H3. The van der Waals surface area contributed by atoms with Gasteiger partial charge in [-0.2, -0.15) is 0 Å². The number of amides is 1. The highest BCUT2D eigenvalue weighted by molar-refractivity contribution is 6.23. The van der Waals surface area contributed by atoms with Crippen LogP contribution in [0.2, 0.25) is 0 Å². The minimum Gasteiger partial charge on any atom is -0.338 e. The van der Waals surface area contributed by atoms with Crippen molar-refractivity contribution in [3.63, 3.8) is 0 Å². The molecule has 0 aliphatic carbocycles. The highest BCUT2D eigenvalue weighted by Crippen LogP contribution is 2.36. The SMILES string of the molecule is C=CC(=O)N(C)Cc1ccc2ccc3cccc4ccc1c2c34. The maximum Gasteiger partial charge on any atom is 0.245 e. The van der Waals surface area contributed by atoms with Crippen LogP contribution in [-0.2, 0) is 11.3 Å². The number of likely N-dealkylation sites (N-methyl/N-ethyl adjacent to an activating group) is 1. The van der Waals surface area contributed by atoms with Crippen LogP contribution in [0.4, 0.5) is 0 Å². The topological polar surface area (TPSA) is 20.3 Å². The van der Waals surface area contributed by atoms with E-state index < -0.39 is 0 Å². The largest absolute Gasteiger partial charge is 0.338 e. The van der Waals surface area contributed by atoms with Gasteiger partial charge in [0.25, 0.3) is 0 Å². The third-order valence-corrected chi connectivity index (χ3v) is 4.58. The monoisotopic (exact) mass is 299 g/mol. The van der Waals surface area contributed by atoms with Crippen molar-refractivity contribution in [3.8, 4) is 0 Å². The summed E-state index contributed by atoms with van der Waals surface area (Å²) in [7, 11) is 1.81. The average molecular weight is 299 g/mol. The third kappa shape index (κ3) is 2.07. The van der Waals surface area contributed by atoms with E-state index in [4.69, 9.17) is 0 Å². The number of benzene rings is 4. The Hall–Kier alpha value is -2.87. The van der Waals surface area contributed by atoms with E-state index in [1.165, 1.54) is 38.4 Å². The second-order valence-corrected chi connectivity index (χ2v) is 5.98. The number of hydrogen-bond acceptors (Lipinski definition) is 1. The molecule has 2 heteroatoms. The van der Waals surface area contributed by atoms with Crippen molar-refractivity contribution in [2.24, 2.45) is 0 Å². The van der Waals surface area contributed by atoms with E-state index in [2.05, 4.69) is 61.2 Å². The van der Waals surface area contributed by atoms with E-state index >= 15 is 0 Å². The van der Waals surface area contributed by atoms with Crippen LogP contribution < -0.4 is 0 Å². The second kappa shape index (κ2) is 5.10. The first kappa shape index (κ1) is 13.8. The van der Waals surface area contributed by atoms with Crippen molar-refractivity contribution in [2.75, 3.05) is 7.05 Å². The first-order chi connectivity index (χ1) is 11.2. The van der Waals surface area contributed by atoms with Crippen LogP contribution in [0.5, 0.6) is 0 Å². The van der Waals surface area contributed by atoms with Gasteiger partial charge in [0.15, 0.2) is 0 Å². The number of carbonyl (C=O) groups excluding carboxylic acids is 1. The maximum atomic E-state index is 11.8. The van der Waals surface area contributed by atoms with E-state index in [1.807, 2.05) is 7.05 Å². The van der Waals surface area contributed by atoms with Crippen LogP contribution in [0.25, 0.3) is 32.3 Å². The Morgan fingerprint density at radius 3 is 2.26 bits per heavy atom. The van der Waals surface area contributed by atoms with Gasteiger partial charge in [0.2, 0.25) is 5.91 Å². The smallest absolute Gasteiger partial charge is 0.245 e. The lowest BCUT2D eigenvalue weighted by Gasteiger charge is -2.18. The van der Waals surface area contributed by atoms with Crippen LogP contribution in [0.15, 0.2) is 67.3 Å². The summed E-state index contributed by atoms with van der Waals surface area (Å²) < 4.78 is 0. The normalized spacial score (nSPS) is 11.3. The van der Waals surface area contributed by atoms with Gasteiger partial charge in [-0.1, -0.05) is 61.2 Å². The number of nitrogens with zero attached hydrogens (tertiary/aromatic N) is 1. The highest BCUT2D eigenvalue weighted by Gasteiger charge is 2.12. The first-order valence-electron chi connectivity index (χ1n) is 7.72. The lowest BCUT2D eigenvalue weighted by atomic mass is 9.92. The molecule has 0 unspecified atom stereocenters. The molecule has 0 spiro atoms. The van der Waals surface area contributed by atoms with Crippen molar-refractivity contribution in [1.82, 2.24) is 4.90 Å². The van der Waals surface area contributed by atoms with Gasteiger partial charge in [-0.3, -0.25) is 4.79 Å². The molecule has 0 aliphatic rings. The predicted octanol–water partition coefficient (Wildman–Crippen LogP) is 4.73. The second-order valence-electron chi connectivity index (χ2n) is 5.98. The molecule has 0 atom stereocenters. The molecule has 0 saturated carbocycles. The molecule has 23 heavy (non-hydrogen) atoms. The fourth-order valence-electron chi connectivity index (χ4n) is 3.42. The Morgan fingerprint density at radius 1 is 0.957 bits per heavy atom. The van der Waals surface area contributed by atoms with Crippen molar-refractivity contribution in [2.45, 2.75) is 6.54 Å². The van der Waals surface area contributed by atoms with E-state index in [0.29, 0.717) is 6.54 Å². The predicted molar refractivity (Wildman–Crippen MR) is 96.8 cm³/mol. The Balaban J connectivity index is 2.00. The summed E-state index contributed by atoms with van der Waals surface area (Å²) in [4.78, 5) is 13.5. The summed E-state index contributed by atoms with van der Waals surface area (Å²) in [5, 5.41) is 7.57. The summed E-state index contributed by atoms with van der Waals surface area (Å²) in [6.45, 7) is 4.14. The molecule has 4 rings (SSSR count).